The van der Waals surface area contributed by atoms with E-state index < -0.39 is 0 Å². The van der Waals surface area contributed by atoms with Crippen molar-refractivity contribution in [3.63, 3.8) is 0 Å². The number of pyridine rings is 1. The number of aromatic nitrogens is 2. The van der Waals surface area contributed by atoms with Crippen LogP contribution in [0.1, 0.15) is 18.2 Å². The average molecular weight is 401 g/mol. The lowest BCUT2D eigenvalue weighted by Crippen LogP contribution is -2.17. The number of anilines is 1. The summed E-state index contributed by atoms with van der Waals surface area (Å²) in [7, 11) is 0. The summed E-state index contributed by atoms with van der Waals surface area (Å²) >= 11 is 1.57. The molecule has 2 aromatic heterocycles. The summed E-state index contributed by atoms with van der Waals surface area (Å²) < 4.78 is 1.12. The molecule has 0 bridgehead atoms. The fourth-order valence-electron chi connectivity index (χ4n) is 2.82. The number of para-hydroxylation sites is 1. The fourth-order valence-corrected chi connectivity index (χ4v) is 3.63. The van der Waals surface area contributed by atoms with Gasteiger partial charge < -0.3 is 11.6 Å². The van der Waals surface area contributed by atoms with Gasteiger partial charge in [-0.3, -0.25) is 5.43 Å². The molecule has 0 fully saturated rings. The van der Waals surface area contributed by atoms with Gasteiger partial charge >= 0.3 is 0 Å². The molecule has 0 atom stereocenters. The summed E-state index contributed by atoms with van der Waals surface area (Å²) in [6, 6.07) is 21.5. The summed E-state index contributed by atoms with van der Waals surface area (Å²) in [4.78, 5) is 9.07. The molecule has 0 radical (unpaired) electrons. The smallest absolute Gasteiger partial charge is 0.204 e. The molecule has 0 saturated carbocycles. The van der Waals surface area contributed by atoms with Crippen LogP contribution in [0.15, 0.2) is 76.9 Å². The molecule has 0 amide bonds. The lowest BCUT2D eigenvalue weighted by atomic mass is 10.0. The largest absolute Gasteiger partial charge is 0.380 e. The standard InChI is InChI=1S/C21H19N7S/c1-13(27-28-21-25-17-8-2-3-11-19(17)29-21)14-6-4-7-15(12-14)16-9-5-10-18(24-16)20(22)26-23/h2-12H,23H2,1H3,(H2,22,26)(H,25,28)/b27-13+. The Kier molecular flexibility index (Phi) is 5.17. The monoisotopic (exact) mass is 401 g/mol. The Morgan fingerprint density at radius 1 is 1.00 bits per heavy atom. The predicted molar refractivity (Wildman–Crippen MR) is 120 cm³/mol. The normalized spacial score (nSPS) is 12.3. The van der Waals surface area contributed by atoms with E-state index in [9.17, 15) is 0 Å². The number of fused-ring (bicyclic) bond motifs is 1. The maximum Gasteiger partial charge on any atom is 0.204 e. The molecule has 2 heterocycles. The summed E-state index contributed by atoms with van der Waals surface area (Å²) in [5.41, 5.74) is 13.9. The van der Waals surface area contributed by atoms with Crippen molar-refractivity contribution < 1.29 is 0 Å². The molecular weight excluding hydrogens is 382 g/mol. The number of thiazole rings is 1. The van der Waals surface area contributed by atoms with Gasteiger partial charge in [0, 0.05) is 5.56 Å². The lowest BCUT2D eigenvalue weighted by Gasteiger charge is -2.07. The highest BCUT2D eigenvalue weighted by atomic mass is 32.1. The summed E-state index contributed by atoms with van der Waals surface area (Å²) in [6.45, 7) is 1.95. The number of hydrogen-bond acceptors (Lipinski definition) is 7. The average Bonchev–Trinajstić information content (AvgIpc) is 3.20. The van der Waals surface area contributed by atoms with Crippen molar-refractivity contribution in [3.05, 3.63) is 78.0 Å². The Bertz CT molecular complexity index is 1190. The minimum absolute atomic E-state index is 0.195. The first-order valence-corrected chi connectivity index (χ1v) is 9.73. The molecule has 7 nitrogen and oxygen atoms in total. The van der Waals surface area contributed by atoms with E-state index in [1.54, 1.807) is 17.4 Å². The van der Waals surface area contributed by atoms with Crippen LogP contribution in [0.4, 0.5) is 5.13 Å². The van der Waals surface area contributed by atoms with Gasteiger partial charge in [-0.2, -0.15) is 10.2 Å². The van der Waals surface area contributed by atoms with Gasteiger partial charge in [0.05, 0.1) is 21.6 Å². The highest BCUT2D eigenvalue weighted by Crippen LogP contribution is 2.25. The summed E-state index contributed by atoms with van der Waals surface area (Å²) in [6.07, 6.45) is 0. The Labute approximate surface area is 171 Å². The molecule has 2 aromatic carbocycles. The van der Waals surface area contributed by atoms with Gasteiger partial charge in [-0.15, -0.1) is 0 Å². The van der Waals surface area contributed by atoms with Gasteiger partial charge in [0.1, 0.15) is 5.69 Å². The number of amidine groups is 1. The van der Waals surface area contributed by atoms with Gasteiger partial charge in [0.15, 0.2) is 5.84 Å². The highest BCUT2D eigenvalue weighted by Gasteiger charge is 2.07. The maximum absolute atomic E-state index is 5.77. The molecule has 5 N–H and O–H groups in total. The number of hydrazone groups is 2. The van der Waals surface area contributed by atoms with Crippen LogP contribution >= 0.6 is 11.3 Å². The zero-order valence-corrected chi connectivity index (χ0v) is 16.5. The lowest BCUT2D eigenvalue weighted by molar-refractivity contribution is 1.19. The number of hydrogen-bond donors (Lipinski definition) is 3. The van der Waals surface area contributed by atoms with Crippen LogP contribution in [0.2, 0.25) is 0 Å². The number of nitrogens with two attached hydrogens (primary N) is 2. The summed E-state index contributed by atoms with van der Waals surface area (Å²) in [5, 5.41) is 8.76. The number of rotatable bonds is 5. The molecule has 0 unspecified atom stereocenters. The SMILES string of the molecule is C/C(=N\Nc1nc2ccccc2s1)c1cccc(-c2cccc(/C(N)=N/N)n2)c1. The van der Waals surface area contributed by atoms with Gasteiger partial charge in [0.2, 0.25) is 5.13 Å². The van der Waals surface area contributed by atoms with Crippen LogP contribution in [0.3, 0.4) is 0 Å². The molecule has 0 aliphatic rings. The molecular formula is C21H19N7S. The Morgan fingerprint density at radius 3 is 2.66 bits per heavy atom. The molecule has 0 aliphatic heterocycles. The van der Waals surface area contributed by atoms with E-state index in [2.05, 4.69) is 25.6 Å². The van der Waals surface area contributed by atoms with Crippen LogP contribution in [0.25, 0.3) is 21.5 Å². The fraction of sp³-hybridized carbons (Fsp3) is 0.0476. The van der Waals surface area contributed by atoms with Crippen molar-refractivity contribution >= 4 is 38.2 Å². The van der Waals surface area contributed by atoms with Crippen molar-refractivity contribution in [2.75, 3.05) is 5.43 Å². The van der Waals surface area contributed by atoms with Gasteiger partial charge in [-0.05, 0) is 42.8 Å². The highest BCUT2D eigenvalue weighted by molar-refractivity contribution is 7.22. The van der Waals surface area contributed by atoms with Crippen molar-refractivity contribution in [3.8, 4) is 11.3 Å². The number of benzene rings is 2. The summed E-state index contributed by atoms with van der Waals surface area (Å²) in [5.74, 6) is 5.45. The quantitative estimate of drug-likeness (QED) is 0.204. The minimum atomic E-state index is 0.195. The third-order valence-electron chi connectivity index (χ3n) is 4.34. The predicted octanol–water partition coefficient (Wildman–Crippen LogP) is 3.77. The van der Waals surface area contributed by atoms with E-state index in [0.29, 0.717) is 5.69 Å². The van der Waals surface area contributed by atoms with Crippen LogP contribution in [0.5, 0.6) is 0 Å². The Morgan fingerprint density at radius 2 is 1.83 bits per heavy atom. The zero-order chi connectivity index (χ0) is 20.2. The maximum atomic E-state index is 5.77. The molecule has 0 saturated heterocycles. The molecule has 0 aliphatic carbocycles. The van der Waals surface area contributed by atoms with Gasteiger partial charge in [0.25, 0.3) is 0 Å². The van der Waals surface area contributed by atoms with Gasteiger partial charge in [-0.25, -0.2) is 9.97 Å². The van der Waals surface area contributed by atoms with Crippen LogP contribution in [-0.2, 0) is 0 Å². The molecule has 4 rings (SSSR count). The zero-order valence-electron chi connectivity index (χ0n) is 15.7. The van der Waals surface area contributed by atoms with Crippen molar-refractivity contribution in [1.82, 2.24) is 9.97 Å². The molecule has 29 heavy (non-hydrogen) atoms. The third-order valence-corrected chi connectivity index (χ3v) is 5.28. The van der Waals surface area contributed by atoms with E-state index in [0.717, 1.165) is 37.9 Å². The number of nitrogens with zero attached hydrogens (tertiary/aromatic N) is 4. The first-order valence-electron chi connectivity index (χ1n) is 8.91. The van der Waals surface area contributed by atoms with E-state index in [1.165, 1.54) is 0 Å². The minimum Gasteiger partial charge on any atom is -0.380 e. The molecule has 8 heteroatoms. The van der Waals surface area contributed by atoms with Crippen molar-refractivity contribution in [2.45, 2.75) is 6.92 Å². The van der Waals surface area contributed by atoms with E-state index in [4.69, 9.17) is 11.6 Å². The second-order valence-electron chi connectivity index (χ2n) is 6.30. The first-order chi connectivity index (χ1) is 14.1. The van der Waals surface area contributed by atoms with Crippen LogP contribution in [0, 0.1) is 0 Å². The van der Waals surface area contributed by atoms with Crippen LogP contribution < -0.4 is 17.0 Å². The topological polar surface area (TPSA) is 115 Å². The molecule has 0 spiro atoms. The molecule has 4 aromatic rings. The Hall–Kier alpha value is -3.78. The van der Waals surface area contributed by atoms with Crippen molar-refractivity contribution in [2.24, 2.45) is 21.8 Å². The van der Waals surface area contributed by atoms with Crippen molar-refractivity contribution in [1.29, 1.82) is 0 Å². The first kappa shape index (κ1) is 18.6. The Balaban J connectivity index is 1.58. The van der Waals surface area contributed by atoms with Gasteiger partial charge in [-0.1, -0.05) is 47.7 Å². The van der Waals surface area contributed by atoms with E-state index in [-0.39, 0.29) is 5.84 Å². The van der Waals surface area contributed by atoms with E-state index >= 15 is 0 Å². The number of nitrogens with one attached hydrogen (secondary N) is 1. The second-order valence-corrected chi connectivity index (χ2v) is 7.33. The third kappa shape index (κ3) is 4.07. The van der Waals surface area contributed by atoms with E-state index in [1.807, 2.05) is 67.6 Å². The van der Waals surface area contributed by atoms with Crippen LogP contribution in [-0.4, -0.2) is 21.5 Å². The molecule has 144 valence electrons. The second kappa shape index (κ2) is 8.07.